The van der Waals surface area contributed by atoms with Crippen molar-refractivity contribution in [1.82, 2.24) is 0 Å². The van der Waals surface area contributed by atoms with Crippen LogP contribution in [0.1, 0.15) is 82.4 Å². The molecule has 0 radical (unpaired) electrons. The lowest BCUT2D eigenvalue weighted by Crippen LogP contribution is -2.65. The van der Waals surface area contributed by atoms with E-state index in [0.29, 0.717) is 6.42 Å². The highest BCUT2D eigenvalue weighted by molar-refractivity contribution is 7.19. The molecule has 0 amide bonds. The van der Waals surface area contributed by atoms with E-state index in [1.165, 1.54) is 27.6 Å². The second kappa shape index (κ2) is 18.2. The van der Waals surface area contributed by atoms with Gasteiger partial charge in [-0.1, -0.05) is 129 Å². The monoisotopic (exact) mass is 748 g/mol. The van der Waals surface area contributed by atoms with E-state index in [4.69, 9.17) is 14.2 Å². The van der Waals surface area contributed by atoms with Gasteiger partial charge in [0.1, 0.15) is 0 Å². The van der Waals surface area contributed by atoms with Gasteiger partial charge in [0.15, 0.2) is 6.29 Å². The molecule has 3 aromatic carbocycles. The minimum absolute atomic E-state index is 0.0212. The minimum Gasteiger partial charge on any atom is -0.469 e. The van der Waals surface area contributed by atoms with Gasteiger partial charge < -0.3 is 19.0 Å². The molecule has 2 heterocycles. The van der Waals surface area contributed by atoms with Crippen LogP contribution in [0, 0.1) is 11.8 Å². The first-order chi connectivity index (χ1) is 25.7. The molecule has 1 N–H and O–H groups in total. The van der Waals surface area contributed by atoms with E-state index in [0.717, 1.165) is 68.3 Å². The molecule has 53 heavy (non-hydrogen) atoms. The predicted molar refractivity (Wildman–Crippen MR) is 221 cm³/mol. The van der Waals surface area contributed by atoms with Gasteiger partial charge in [-0.25, -0.2) is 0 Å². The molecule has 1 aromatic heterocycles. The summed E-state index contributed by atoms with van der Waals surface area (Å²) < 4.78 is 18.8. The van der Waals surface area contributed by atoms with Gasteiger partial charge in [-0.15, -0.1) is 11.3 Å². The molecule has 1 aliphatic heterocycles. The molecule has 6 rings (SSSR count). The number of carbonyl (C=O) groups excluding carboxylic acids is 1. The van der Waals surface area contributed by atoms with Crippen molar-refractivity contribution in [3.63, 3.8) is 0 Å². The van der Waals surface area contributed by atoms with E-state index in [9.17, 15) is 9.59 Å². The van der Waals surface area contributed by atoms with E-state index in [-0.39, 0.29) is 36.1 Å². The van der Waals surface area contributed by atoms with E-state index in [1.54, 1.807) is 0 Å². The topological polar surface area (TPSA) is 65.0 Å². The number of ether oxygens (including phenoxy) is 3. The maximum Gasteiger partial charge on any atom is 0.305 e. The molecule has 5 atom stereocenters. The molecular formula is C46H56O5SSi. The maximum atomic E-state index is 13.1. The second-order valence-corrected chi connectivity index (χ2v) is 20.5. The zero-order valence-electron chi connectivity index (χ0n) is 31.6. The molecular weight excluding hydrogens is 693 g/mol. The van der Waals surface area contributed by atoms with Crippen LogP contribution in [0.4, 0.5) is 0 Å². The summed E-state index contributed by atoms with van der Waals surface area (Å²) in [5.41, 5.74) is 1.19. The Morgan fingerprint density at radius 2 is 1.72 bits per heavy atom. The summed E-state index contributed by atoms with van der Waals surface area (Å²) in [6.07, 6.45) is 16.8. The van der Waals surface area contributed by atoms with Crippen molar-refractivity contribution in [1.29, 1.82) is 0 Å². The van der Waals surface area contributed by atoms with Crippen molar-refractivity contribution in [3.8, 4) is 0 Å². The van der Waals surface area contributed by atoms with Gasteiger partial charge in [0.25, 0.3) is 8.32 Å². The molecule has 0 bridgehead atoms. The number of unbranched alkanes of at least 4 members (excludes halogenated alkanes) is 1. The van der Waals surface area contributed by atoms with Crippen LogP contribution in [0.15, 0.2) is 127 Å². The van der Waals surface area contributed by atoms with Gasteiger partial charge in [0.2, 0.25) is 0 Å². The van der Waals surface area contributed by atoms with Gasteiger partial charge in [0.05, 0.1) is 13.2 Å². The third kappa shape index (κ3) is 9.38. The number of methoxy groups -OCH3 is 1. The van der Waals surface area contributed by atoms with Crippen LogP contribution in [0.25, 0.3) is 10.1 Å². The fraction of sp³-hybridized carbons (Fsp3) is 0.413. The van der Waals surface area contributed by atoms with Crippen molar-refractivity contribution in [2.45, 2.75) is 95.0 Å². The zero-order chi connectivity index (χ0) is 37.3. The first-order valence-corrected chi connectivity index (χ1v) is 22.1. The highest BCUT2D eigenvalue weighted by Crippen LogP contribution is 2.48. The quantitative estimate of drug-likeness (QED) is 0.0535. The molecule has 5 nitrogen and oxygen atoms in total. The van der Waals surface area contributed by atoms with Gasteiger partial charge in [0, 0.05) is 34.4 Å². The Morgan fingerprint density at radius 1 is 1.02 bits per heavy atom. The molecule has 1 aliphatic carbocycles. The number of hydrogen-bond donors (Lipinski definition) is 1. The van der Waals surface area contributed by atoms with Crippen LogP contribution in [0.2, 0.25) is 5.04 Å². The van der Waals surface area contributed by atoms with Crippen molar-refractivity contribution < 1.29 is 23.8 Å². The highest BCUT2D eigenvalue weighted by Gasteiger charge is 2.51. The van der Waals surface area contributed by atoms with Crippen molar-refractivity contribution in [2.75, 3.05) is 13.7 Å². The van der Waals surface area contributed by atoms with E-state index in [2.05, 4.69) is 99.3 Å². The SMILES string of the molecule is C=C1C[C@H](OC2CCCCO2)[C@H](C/C=C\CCCC(=O)OC)[C@H]1/C=C/[C@@H](CC(C)(C)[Si](O)(c1ccccc1)c1ccccc1)c1cc2ccccc2s1. The Bertz CT molecular complexity index is 1770. The molecule has 1 unspecified atom stereocenters. The van der Waals surface area contributed by atoms with Gasteiger partial charge in [-0.2, -0.15) is 0 Å². The van der Waals surface area contributed by atoms with E-state index in [1.807, 2.05) is 47.7 Å². The summed E-state index contributed by atoms with van der Waals surface area (Å²) in [4.78, 5) is 26.1. The second-order valence-electron chi connectivity index (χ2n) is 15.4. The Hall–Kier alpha value is -3.59. The molecule has 280 valence electrons. The molecule has 1 saturated heterocycles. The lowest BCUT2D eigenvalue weighted by atomic mass is 9.87. The summed E-state index contributed by atoms with van der Waals surface area (Å²) in [6.45, 7) is 9.90. The lowest BCUT2D eigenvalue weighted by Gasteiger charge is -2.42. The lowest BCUT2D eigenvalue weighted by molar-refractivity contribution is -0.194. The standard InChI is InChI=1S/C46H56O5SSi/c1-34-31-41(51-45-27-17-18-30-50-45)40(24-13-5-6-14-26-44(47)49-4)39(34)29-28-36(43-32-35-19-15-16-25-42(35)52-43)33-46(2,3)53(48,37-20-9-7-10-21-37)38-22-11-8-12-23-38/h5,7-13,15-16,19-23,25,28-29,32,36,39-41,45,48H,1,6,14,17-18,24,26-27,30-31,33H2,2-4H3/b13-5-,29-28+/t36-,39-,40+,41-,45?/m0/s1. The molecule has 4 aromatic rings. The zero-order valence-corrected chi connectivity index (χ0v) is 33.4. The number of benzene rings is 3. The third-order valence-electron chi connectivity index (χ3n) is 11.3. The first-order valence-electron chi connectivity index (χ1n) is 19.4. The highest BCUT2D eigenvalue weighted by atomic mass is 32.1. The van der Waals surface area contributed by atoms with E-state index < -0.39 is 13.4 Å². The number of carbonyl (C=O) groups is 1. The Balaban J connectivity index is 1.32. The third-order valence-corrected chi connectivity index (χ3v) is 17.1. The summed E-state index contributed by atoms with van der Waals surface area (Å²) in [5.74, 6) is 0.277. The van der Waals surface area contributed by atoms with Crippen LogP contribution in [-0.4, -0.2) is 45.2 Å². The number of thiophene rings is 1. The number of fused-ring (bicyclic) bond motifs is 1. The van der Waals surface area contributed by atoms with Gasteiger partial charge in [-0.3, -0.25) is 4.79 Å². The van der Waals surface area contributed by atoms with E-state index >= 15 is 0 Å². The molecule has 7 heteroatoms. The Morgan fingerprint density at radius 3 is 2.38 bits per heavy atom. The van der Waals surface area contributed by atoms with Crippen molar-refractivity contribution >= 4 is 46.1 Å². The van der Waals surface area contributed by atoms with Crippen LogP contribution in [0.5, 0.6) is 0 Å². The Labute approximate surface area is 321 Å². The summed E-state index contributed by atoms with van der Waals surface area (Å²) in [5, 5.41) is 2.89. The molecule has 2 aliphatic rings. The number of esters is 1. The average molecular weight is 749 g/mol. The van der Waals surface area contributed by atoms with Crippen molar-refractivity contribution in [2.24, 2.45) is 11.8 Å². The predicted octanol–water partition coefficient (Wildman–Crippen LogP) is 9.86. The maximum absolute atomic E-state index is 13.1. The van der Waals surface area contributed by atoms with Crippen LogP contribution >= 0.6 is 11.3 Å². The van der Waals surface area contributed by atoms with Gasteiger partial charge in [-0.05, 0) is 90.2 Å². The molecule has 2 fully saturated rings. The molecule has 1 saturated carbocycles. The fourth-order valence-corrected chi connectivity index (χ4v) is 13.3. The van der Waals surface area contributed by atoms with Gasteiger partial charge >= 0.3 is 5.97 Å². The normalized spacial score (nSPS) is 21.8. The fourth-order valence-electron chi connectivity index (χ4n) is 8.36. The molecule has 0 spiro atoms. The largest absolute Gasteiger partial charge is 0.469 e. The number of rotatable bonds is 16. The number of allylic oxidation sites excluding steroid dienone is 4. The van der Waals surface area contributed by atoms with Crippen LogP contribution in [0.3, 0.4) is 0 Å². The minimum atomic E-state index is -3.24. The first kappa shape index (κ1) is 39.1. The summed E-state index contributed by atoms with van der Waals surface area (Å²) in [7, 11) is -1.80. The summed E-state index contributed by atoms with van der Waals surface area (Å²) in [6, 6.07) is 31.6. The Kier molecular flexibility index (Phi) is 13.4. The van der Waals surface area contributed by atoms with Crippen molar-refractivity contribution in [3.05, 3.63) is 132 Å². The number of hydrogen-bond acceptors (Lipinski definition) is 6. The summed E-state index contributed by atoms with van der Waals surface area (Å²) >= 11 is 1.86. The average Bonchev–Trinajstić information content (AvgIpc) is 3.75. The van der Waals surface area contributed by atoms with Crippen LogP contribution < -0.4 is 10.4 Å². The smallest absolute Gasteiger partial charge is 0.305 e. The van der Waals surface area contributed by atoms with Crippen LogP contribution in [-0.2, 0) is 19.0 Å².